The number of hydrogen-bond donors (Lipinski definition) is 2. The maximum atomic E-state index is 13.8. The topological polar surface area (TPSA) is 87.7 Å². The van der Waals surface area contributed by atoms with Gasteiger partial charge in [0.05, 0.1) is 19.3 Å². The molecule has 2 heterocycles. The van der Waals surface area contributed by atoms with Crippen molar-refractivity contribution in [1.82, 2.24) is 15.1 Å². The second kappa shape index (κ2) is 10.8. The van der Waals surface area contributed by atoms with Crippen molar-refractivity contribution in [2.24, 2.45) is 0 Å². The van der Waals surface area contributed by atoms with E-state index >= 15 is 0 Å². The van der Waals surface area contributed by atoms with Gasteiger partial charge in [-0.05, 0) is 79.8 Å². The monoisotopic (exact) mass is 529 g/mol. The SMILES string of the molecule is CCCOc1ccc(C2c3c(-c4cc(C)cc(C)c4O)n[nH]c3C(=O)N2Cc2ccc(F)cc2)cc1OCC. The molecular formula is C31H32FN3O4. The number of ether oxygens (including phenoxy) is 2. The zero-order chi connectivity index (χ0) is 27.7. The molecule has 1 aliphatic rings. The van der Waals surface area contributed by atoms with Gasteiger partial charge >= 0.3 is 0 Å². The molecule has 7 nitrogen and oxygen atoms in total. The fourth-order valence-electron chi connectivity index (χ4n) is 5.13. The zero-order valence-corrected chi connectivity index (χ0v) is 22.5. The summed E-state index contributed by atoms with van der Waals surface area (Å²) in [5, 5.41) is 18.4. The number of aromatic amines is 1. The van der Waals surface area contributed by atoms with Crippen molar-refractivity contribution in [3.63, 3.8) is 0 Å². The number of aromatic hydroxyl groups is 1. The van der Waals surface area contributed by atoms with Crippen molar-refractivity contribution in [3.05, 3.63) is 93.9 Å². The van der Waals surface area contributed by atoms with Crippen molar-refractivity contribution < 1.29 is 23.8 Å². The number of nitrogens with zero attached hydrogens (tertiary/aromatic N) is 2. The summed E-state index contributed by atoms with van der Waals surface area (Å²) < 4.78 is 25.5. The number of hydrogen-bond acceptors (Lipinski definition) is 5. The van der Waals surface area contributed by atoms with E-state index in [0.717, 1.165) is 28.7 Å². The van der Waals surface area contributed by atoms with E-state index in [0.29, 0.717) is 47.2 Å². The molecule has 0 saturated heterocycles. The Labute approximate surface area is 227 Å². The van der Waals surface area contributed by atoms with E-state index < -0.39 is 6.04 Å². The Hall–Kier alpha value is -4.33. The van der Waals surface area contributed by atoms with E-state index in [1.165, 1.54) is 12.1 Å². The number of aryl methyl sites for hydroxylation is 2. The lowest BCUT2D eigenvalue weighted by Crippen LogP contribution is -2.29. The molecular weight excluding hydrogens is 497 g/mol. The Balaban J connectivity index is 1.67. The predicted octanol–water partition coefficient (Wildman–Crippen LogP) is 6.47. The minimum absolute atomic E-state index is 0.122. The van der Waals surface area contributed by atoms with Crippen molar-refractivity contribution in [2.45, 2.75) is 46.7 Å². The first-order valence-electron chi connectivity index (χ1n) is 13.2. The lowest BCUT2D eigenvalue weighted by atomic mass is 9.93. The van der Waals surface area contributed by atoms with Crippen LogP contribution in [0.25, 0.3) is 11.3 Å². The molecule has 1 aromatic heterocycles. The Morgan fingerprint density at radius 3 is 2.51 bits per heavy atom. The quantitative estimate of drug-likeness (QED) is 0.259. The van der Waals surface area contributed by atoms with Gasteiger partial charge in [0, 0.05) is 17.7 Å². The van der Waals surface area contributed by atoms with Gasteiger partial charge in [0.1, 0.15) is 23.0 Å². The van der Waals surface area contributed by atoms with Gasteiger partial charge in [-0.15, -0.1) is 0 Å². The van der Waals surface area contributed by atoms with Crippen LogP contribution in [-0.4, -0.2) is 39.3 Å². The number of rotatable bonds is 9. The van der Waals surface area contributed by atoms with Crippen LogP contribution in [-0.2, 0) is 6.54 Å². The Morgan fingerprint density at radius 1 is 1.03 bits per heavy atom. The maximum Gasteiger partial charge on any atom is 0.273 e. The minimum atomic E-state index is -0.536. The van der Waals surface area contributed by atoms with Crippen LogP contribution in [0.1, 0.15) is 64.6 Å². The molecule has 0 saturated carbocycles. The lowest BCUT2D eigenvalue weighted by Gasteiger charge is -2.27. The van der Waals surface area contributed by atoms with Crippen LogP contribution >= 0.6 is 0 Å². The van der Waals surface area contributed by atoms with Gasteiger partial charge in [0.25, 0.3) is 5.91 Å². The molecule has 3 aromatic carbocycles. The molecule has 1 aliphatic heterocycles. The Morgan fingerprint density at radius 2 is 1.79 bits per heavy atom. The summed E-state index contributed by atoms with van der Waals surface area (Å²) in [6, 6.07) is 15.1. The standard InChI is InChI=1S/C31H32FN3O4/c1-5-13-39-24-12-9-21(16-25(24)38-6-2)29-26-27(23-15-18(3)14-19(4)30(23)36)33-34-28(26)31(37)35(29)17-20-7-10-22(32)11-8-20/h7-12,14-16,29,36H,5-6,13,17H2,1-4H3,(H,33,34). The molecule has 0 bridgehead atoms. The van der Waals surface area contributed by atoms with Gasteiger partial charge in [-0.25, -0.2) is 4.39 Å². The van der Waals surface area contributed by atoms with E-state index in [9.17, 15) is 14.3 Å². The predicted molar refractivity (Wildman–Crippen MR) is 147 cm³/mol. The normalized spacial score (nSPS) is 14.5. The maximum absolute atomic E-state index is 13.8. The summed E-state index contributed by atoms with van der Waals surface area (Å²) in [7, 11) is 0. The van der Waals surface area contributed by atoms with E-state index in [1.54, 1.807) is 17.0 Å². The molecule has 1 unspecified atom stereocenters. The van der Waals surface area contributed by atoms with E-state index in [1.807, 2.05) is 58.0 Å². The number of nitrogens with one attached hydrogen (secondary N) is 1. The summed E-state index contributed by atoms with van der Waals surface area (Å²) in [6.45, 7) is 9.00. The van der Waals surface area contributed by atoms with Crippen molar-refractivity contribution in [3.8, 4) is 28.5 Å². The highest BCUT2D eigenvalue weighted by molar-refractivity contribution is 6.00. The van der Waals surface area contributed by atoms with Crippen LogP contribution < -0.4 is 9.47 Å². The van der Waals surface area contributed by atoms with E-state index in [-0.39, 0.29) is 24.0 Å². The van der Waals surface area contributed by atoms with Crippen LogP contribution in [0, 0.1) is 19.7 Å². The largest absolute Gasteiger partial charge is 0.507 e. The number of halogens is 1. The molecule has 202 valence electrons. The van der Waals surface area contributed by atoms with Crippen LogP contribution in [0.3, 0.4) is 0 Å². The summed E-state index contributed by atoms with van der Waals surface area (Å²) in [4.78, 5) is 15.5. The highest BCUT2D eigenvalue weighted by atomic mass is 19.1. The molecule has 1 amide bonds. The van der Waals surface area contributed by atoms with Crippen LogP contribution in [0.4, 0.5) is 4.39 Å². The number of amides is 1. The molecule has 39 heavy (non-hydrogen) atoms. The molecule has 0 fully saturated rings. The number of aromatic nitrogens is 2. The molecule has 0 aliphatic carbocycles. The van der Waals surface area contributed by atoms with Crippen LogP contribution in [0.5, 0.6) is 17.2 Å². The first-order chi connectivity index (χ1) is 18.8. The molecule has 5 rings (SSSR count). The average Bonchev–Trinajstić information content (AvgIpc) is 3.46. The van der Waals surface area contributed by atoms with Gasteiger partial charge in [0.15, 0.2) is 11.5 Å². The van der Waals surface area contributed by atoms with Crippen LogP contribution in [0.2, 0.25) is 0 Å². The average molecular weight is 530 g/mol. The first kappa shape index (κ1) is 26.3. The number of phenols is 1. The molecule has 4 aromatic rings. The van der Waals surface area contributed by atoms with Gasteiger partial charge in [-0.1, -0.05) is 31.2 Å². The van der Waals surface area contributed by atoms with Gasteiger partial charge in [-0.3, -0.25) is 9.89 Å². The molecule has 0 spiro atoms. The summed E-state index contributed by atoms with van der Waals surface area (Å²) in [5.41, 5.74) is 5.39. The summed E-state index contributed by atoms with van der Waals surface area (Å²) in [6.07, 6.45) is 0.858. The molecule has 0 radical (unpaired) electrons. The molecule has 2 N–H and O–H groups in total. The van der Waals surface area contributed by atoms with Crippen molar-refractivity contribution >= 4 is 5.91 Å². The lowest BCUT2D eigenvalue weighted by molar-refractivity contribution is 0.0729. The summed E-state index contributed by atoms with van der Waals surface area (Å²) in [5.74, 6) is 0.776. The van der Waals surface area contributed by atoms with Gasteiger partial charge in [-0.2, -0.15) is 5.10 Å². The number of phenolic OH excluding ortho intramolecular Hbond substituents is 1. The number of benzene rings is 3. The second-order valence-corrected chi connectivity index (χ2v) is 9.79. The molecule has 1 atom stereocenters. The fourth-order valence-corrected chi connectivity index (χ4v) is 5.13. The third-order valence-corrected chi connectivity index (χ3v) is 6.87. The number of fused-ring (bicyclic) bond motifs is 1. The smallest absolute Gasteiger partial charge is 0.273 e. The third kappa shape index (κ3) is 4.94. The summed E-state index contributed by atoms with van der Waals surface area (Å²) >= 11 is 0. The molecule has 8 heteroatoms. The zero-order valence-electron chi connectivity index (χ0n) is 22.5. The van der Waals surface area contributed by atoms with Crippen molar-refractivity contribution in [1.29, 1.82) is 0 Å². The second-order valence-electron chi connectivity index (χ2n) is 9.79. The highest BCUT2D eigenvalue weighted by Crippen LogP contribution is 2.47. The third-order valence-electron chi connectivity index (χ3n) is 6.87. The highest BCUT2D eigenvalue weighted by Gasteiger charge is 2.43. The minimum Gasteiger partial charge on any atom is -0.507 e. The Bertz CT molecular complexity index is 1510. The van der Waals surface area contributed by atoms with Gasteiger partial charge < -0.3 is 19.5 Å². The van der Waals surface area contributed by atoms with Gasteiger partial charge in [0.2, 0.25) is 0 Å². The Kier molecular flexibility index (Phi) is 7.28. The van der Waals surface area contributed by atoms with E-state index in [4.69, 9.17) is 9.47 Å². The van der Waals surface area contributed by atoms with Crippen molar-refractivity contribution in [2.75, 3.05) is 13.2 Å². The fraction of sp³-hybridized carbons (Fsp3) is 0.290. The number of carbonyl (C=O) groups excluding carboxylic acids is 1. The van der Waals surface area contributed by atoms with E-state index in [2.05, 4.69) is 10.2 Å². The number of carbonyl (C=O) groups is 1. The number of H-pyrrole nitrogens is 1. The van der Waals surface area contributed by atoms with Crippen LogP contribution in [0.15, 0.2) is 54.6 Å². The first-order valence-corrected chi connectivity index (χ1v) is 13.2.